The maximum atomic E-state index is 10.5. The first-order chi connectivity index (χ1) is 13.4. The number of nitrogen functional groups attached to an aromatic ring is 1. The average molecular weight is 404 g/mol. The summed E-state index contributed by atoms with van der Waals surface area (Å²) in [5.74, 6) is -1.28. The smallest absolute Gasteiger partial charge is 0.337 e. The molecule has 4 rings (SSSR count). The Morgan fingerprint density at radius 3 is 2.32 bits per heavy atom. The van der Waals surface area contributed by atoms with E-state index in [4.69, 9.17) is 27.4 Å². The molecule has 1 aromatic heterocycles. The van der Waals surface area contributed by atoms with Crippen LogP contribution in [0.5, 0.6) is 0 Å². The minimum Gasteiger partial charge on any atom is -0.478 e. The monoisotopic (exact) mass is 403 g/mol. The van der Waals surface area contributed by atoms with Crippen molar-refractivity contribution in [2.45, 2.75) is 51.4 Å². The lowest BCUT2D eigenvalue weighted by molar-refractivity contribution is -0.384. The number of hydrogen-bond donors (Lipinski definition) is 2. The number of carboxylic acid groups (broad SMARTS) is 1. The summed E-state index contributed by atoms with van der Waals surface area (Å²) in [6.07, 6.45) is 9.76. The number of fused-ring (bicyclic) bond motifs is 2. The normalized spacial score (nSPS) is 14.9. The van der Waals surface area contributed by atoms with Crippen LogP contribution in [-0.2, 0) is 25.7 Å². The minimum absolute atomic E-state index is 0.0156. The van der Waals surface area contributed by atoms with Crippen LogP contribution < -0.4 is 5.73 Å². The van der Waals surface area contributed by atoms with E-state index in [-0.39, 0.29) is 16.3 Å². The molecule has 8 heteroatoms. The Labute approximate surface area is 167 Å². The molecule has 28 heavy (non-hydrogen) atoms. The highest BCUT2D eigenvalue weighted by Gasteiger charge is 2.21. The quantitative estimate of drug-likeness (QED) is 0.436. The number of nitro benzene ring substituents is 1. The molecule has 3 N–H and O–H groups in total. The van der Waals surface area contributed by atoms with Crippen LogP contribution in [0.2, 0.25) is 5.02 Å². The molecule has 1 aromatic carbocycles. The van der Waals surface area contributed by atoms with Gasteiger partial charge in [0.15, 0.2) is 0 Å². The molecule has 148 valence electrons. The van der Waals surface area contributed by atoms with Crippen LogP contribution >= 0.6 is 11.6 Å². The van der Waals surface area contributed by atoms with E-state index in [0.29, 0.717) is 0 Å². The zero-order valence-electron chi connectivity index (χ0n) is 15.4. The molecule has 0 spiro atoms. The maximum Gasteiger partial charge on any atom is 0.337 e. The fraction of sp³-hybridized carbons (Fsp3) is 0.400. The first-order valence-electron chi connectivity index (χ1n) is 9.34. The molecule has 7 nitrogen and oxygen atoms in total. The summed E-state index contributed by atoms with van der Waals surface area (Å²) in [6.45, 7) is 0. The van der Waals surface area contributed by atoms with Crippen LogP contribution in [0.25, 0.3) is 0 Å². The molecular weight excluding hydrogens is 382 g/mol. The molecule has 0 saturated carbocycles. The highest BCUT2D eigenvalue weighted by Crippen LogP contribution is 2.33. The number of halogens is 1. The SMILES string of the molecule is Nc1c2c(nc3c1CCC3)CCCCC2.O=C(O)c1cc([N+](=O)[O-])ccc1Cl. The van der Waals surface area contributed by atoms with Gasteiger partial charge in [0.1, 0.15) is 0 Å². The van der Waals surface area contributed by atoms with Gasteiger partial charge in [0.25, 0.3) is 5.69 Å². The number of non-ortho nitro benzene ring substituents is 1. The predicted molar refractivity (Wildman–Crippen MR) is 107 cm³/mol. The second kappa shape index (κ2) is 8.56. The summed E-state index contributed by atoms with van der Waals surface area (Å²) in [4.78, 5) is 24.9. The largest absolute Gasteiger partial charge is 0.478 e. The summed E-state index contributed by atoms with van der Waals surface area (Å²) >= 11 is 5.49. The molecule has 0 atom stereocenters. The highest BCUT2D eigenvalue weighted by molar-refractivity contribution is 6.33. The zero-order chi connectivity index (χ0) is 20.3. The third-order valence-corrected chi connectivity index (χ3v) is 5.52. The minimum atomic E-state index is -1.28. The number of rotatable bonds is 2. The number of nitro groups is 1. The van der Waals surface area contributed by atoms with E-state index in [1.54, 1.807) is 0 Å². The Kier molecular flexibility index (Phi) is 6.14. The first kappa shape index (κ1) is 20.1. The van der Waals surface area contributed by atoms with Crippen molar-refractivity contribution in [3.05, 3.63) is 61.4 Å². The van der Waals surface area contributed by atoms with E-state index in [1.165, 1.54) is 54.3 Å². The van der Waals surface area contributed by atoms with Gasteiger partial charge in [0.05, 0.1) is 15.5 Å². The number of nitrogens with zero attached hydrogens (tertiary/aromatic N) is 2. The highest BCUT2D eigenvalue weighted by atomic mass is 35.5. The molecule has 0 fully saturated rings. The Hall–Kier alpha value is -2.67. The van der Waals surface area contributed by atoms with Gasteiger partial charge in [-0.15, -0.1) is 0 Å². The van der Waals surface area contributed by atoms with Crippen molar-refractivity contribution >= 4 is 28.9 Å². The summed E-state index contributed by atoms with van der Waals surface area (Å²) < 4.78 is 0. The lowest BCUT2D eigenvalue weighted by Crippen LogP contribution is -2.06. The van der Waals surface area contributed by atoms with Gasteiger partial charge in [-0.05, 0) is 62.1 Å². The molecule has 2 aliphatic carbocycles. The molecule has 2 aromatic rings. The van der Waals surface area contributed by atoms with Crippen LogP contribution in [-0.4, -0.2) is 21.0 Å². The van der Waals surface area contributed by atoms with Crippen LogP contribution in [0.3, 0.4) is 0 Å². The third-order valence-electron chi connectivity index (χ3n) is 5.19. The average Bonchev–Trinajstić information content (AvgIpc) is 3.00. The lowest BCUT2D eigenvalue weighted by atomic mass is 10.0. The van der Waals surface area contributed by atoms with Gasteiger partial charge in [-0.1, -0.05) is 18.0 Å². The second-order valence-electron chi connectivity index (χ2n) is 7.02. The summed E-state index contributed by atoms with van der Waals surface area (Å²) in [5.41, 5.74) is 12.2. The Morgan fingerprint density at radius 1 is 1.07 bits per heavy atom. The molecule has 0 unspecified atom stereocenters. The van der Waals surface area contributed by atoms with Crippen LogP contribution in [0, 0.1) is 10.1 Å². The van der Waals surface area contributed by atoms with Crippen molar-refractivity contribution in [2.24, 2.45) is 0 Å². The molecule has 1 heterocycles. The molecule has 0 bridgehead atoms. The van der Waals surface area contributed by atoms with Crippen LogP contribution in [0.15, 0.2) is 18.2 Å². The fourth-order valence-electron chi connectivity index (χ4n) is 3.76. The Bertz CT molecular complexity index is 930. The van der Waals surface area contributed by atoms with Gasteiger partial charge < -0.3 is 10.8 Å². The Morgan fingerprint density at radius 2 is 1.68 bits per heavy atom. The maximum absolute atomic E-state index is 10.5. The predicted octanol–water partition coefficient (Wildman–Crippen LogP) is 4.37. The van der Waals surface area contributed by atoms with Crippen LogP contribution in [0.4, 0.5) is 11.4 Å². The van der Waals surface area contributed by atoms with E-state index in [9.17, 15) is 14.9 Å². The number of hydrogen-bond acceptors (Lipinski definition) is 5. The van der Waals surface area contributed by atoms with Gasteiger partial charge in [0, 0.05) is 29.2 Å². The summed E-state index contributed by atoms with van der Waals surface area (Å²) in [5, 5.41) is 18.8. The summed E-state index contributed by atoms with van der Waals surface area (Å²) in [6, 6.07) is 3.25. The van der Waals surface area contributed by atoms with Crippen LogP contribution in [0.1, 0.15) is 58.6 Å². The van der Waals surface area contributed by atoms with Crippen molar-refractivity contribution in [3.8, 4) is 0 Å². The van der Waals surface area contributed by atoms with Crippen molar-refractivity contribution in [1.82, 2.24) is 4.98 Å². The molecule has 0 radical (unpaired) electrons. The number of carbonyl (C=O) groups is 1. The standard InChI is InChI=1S/C13H18N2.C7H4ClNO4/c14-13-9-5-2-1-3-7-11(9)15-12-8-4-6-10(12)13;8-6-2-1-4(9(12)13)3-5(6)7(10)11/h1-8H2,(H2,14,15);1-3H,(H,10,11). The molecule has 0 aliphatic heterocycles. The van der Waals surface area contributed by atoms with Crippen molar-refractivity contribution < 1.29 is 14.8 Å². The number of benzene rings is 1. The third kappa shape index (κ3) is 4.25. The number of aryl methyl sites for hydroxylation is 2. The van der Waals surface area contributed by atoms with Gasteiger partial charge >= 0.3 is 5.97 Å². The Balaban J connectivity index is 0.000000163. The molecule has 2 aliphatic rings. The number of carboxylic acids is 1. The van der Waals surface area contributed by atoms with Gasteiger partial charge in [-0.3, -0.25) is 15.1 Å². The molecule has 0 amide bonds. The van der Waals surface area contributed by atoms with Crippen molar-refractivity contribution in [2.75, 3.05) is 5.73 Å². The van der Waals surface area contributed by atoms with E-state index in [2.05, 4.69) is 0 Å². The number of pyridine rings is 1. The number of aromatic nitrogens is 1. The van der Waals surface area contributed by atoms with E-state index < -0.39 is 10.9 Å². The number of aromatic carboxylic acids is 1. The van der Waals surface area contributed by atoms with Gasteiger partial charge in [0.2, 0.25) is 0 Å². The van der Waals surface area contributed by atoms with Gasteiger partial charge in [-0.2, -0.15) is 0 Å². The number of nitrogens with two attached hydrogens (primary N) is 1. The zero-order valence-corrected chi connectivity index (χ0v) is 16.2. The van der Waals surface area contributed by atoms with Crippen molar-refractivity contribution in [3.63, 3.8) is 0 Å². The van der Waals surface area contributed by atoms with E-state index in [0.717, 1.165) is 43.5 Å². The molecular formula is C20H22ClN3O4. The van der Waals surface area contributed by atoms with E-state index in [1.807, 2.05) is 0 Å². The molecule has 0 saturated heterocycles. The first-order valence-corrected chi connectivity index (χ1v) is 9.72. The van der Waals surface area contributed by atoms with Crippen molar-refractivity contribution in [1.29, 1.82) is 0 Å². The topological polar surface area (TPSA) is 119 Å². The van der Waals surface area contributed by atoms with Gasteiger partial charge in [-0.25, -0.2) is 4.79 Å². The lowest BCUT2D eigenvalue weighted by Gasteiger charge is -2.13. The number of anilines is 1. The van der Waals surface area contributed by atoms with E-state index >= 15 is 0 Å². The second-order valence-corrected chi connectivity index (χ2v) is 7.42. The summed E-state index contributed by atoms with van der Waals surface area (Å²) in [7, 11) is 0. The fourth-order valence-corrected chi connectivity index (χ4v) is 3.96.